The minimum Gasteiger partial charge on any atom is -0.319 e. The van der Waals surface area contributed by atoms with Crippen LogP contribution < -0.4 is 5.32 Å². The maximum absolute atomic E-state index is 10.8. The first-order chi connectivity index (χ1) is 7.17. The Bertz CT molecular complexity index is 341. The van der Waals surface area contributed by atoms with Crippen LogP contribution in [0.2, 0.25) is 10.0 Å². The number of aldehydes is 1. The van der Waals surface area contributed by atoms with Crippen LogP contribution in [-0.2, 0) is 11.2 Å². The van der Waals surface area contributed by atoms with E-state index in [0.717, 1.165) is 11.8 Å². The fourth-order valence-electron chi connectivity index (χ4n) is 1.40. The molecule has 1 atom stereocenters. The quantitative estimate of drug-likeness (QED) is 0.809. The first-order valence-corrected chi connectivity index (χ1v) is 5.46. The van der Waals surface area contributed by atoms with Gasteiger partial charge in [0, 0.05) is 12.5 Å². The normalized spacial score (nSPS) is 12.5. The summed E-state index contributed by atoms with van der Waals surface area (Å²) in [5, 5.41) is 4.04. The summed E-state index contributed by atoms with van der Waals surface area (Å²) in [4.78, 5) is 10.8. The van der Waals surface area contributed by atoms with Gasteiger partial charge in [0.15, 0.2) is 0 Å². The lowest BCUT2D eigenvalue weighted by molar-refractivity contribution is -0.110. The van der Waals surface area contributed by atoms with Crippen molar-refractivity contribution in [1.82, 2.24) is 5.32 Å². The van der Waals surface area contributed by atoms with Crippen molar-refractivity contribution in [2.75, 3.05) is 13.6 Å². The highest BCUT2D eigenvalue weighted by Gasteiger charge is 2.08. The molecule has 0 saturated carbocycles. The van der Waals surface area contributed by atoms with Crippen molar-refractivity contribution in [2.45, 2.75) is 6.42 Å². The van der Waals surface area contributed by atoms with E-state index in [0.29, 0.717) is 23.0 Å². The summed E-state index contributed by atoms with van der Waals surface area (Å²) in [6, 6.07) is 5.44. The standard InChI is InChI=1S/C11H13Cl2NO/c1-14-6-9(7-15)4-8-2-3-10(12)11(13)5-8/h2-3,5,7,9,14H,4,6H2,1H3. The summed E-state index contributed by atoms with van der Waals surface area (Å²) in [7, 11) is 1.82. The van der Waals surface area contributed by atoms with Crippen molar-refractivity contribution >= 4 is 29.5 Å². The van der Waals surface area contributed by atoms with Gasteiger partial charge < -0.3 is 10.1 Å². The molecule has 0 fully saturated rings. The molecular formula is C11H13Cl2NO. The zero-order valence-electron chi connectivity index (χ0n) is 8.47. The molecule has 0 spiro atoms. The first kappa shape index (κ1) is 12.5. The maximum Gasteiger partial charge on any atom is 0.124 e. The number of benzene rings is 1. The molecule has 0 aromatic heterocycles. The number of nitrogens with one attached hydrogen (secondary N) is 1. The molecule has 0 bridgehead atoms. The van der Waals surface area contributed by atoms with E-state index in [-0.39, 0.29) is 5.92 Å². The van der Waals surface area contributed by atoms with E-state index < -0.39 is 0 Å². The summed E-state index contributed by atoms with van der Waals surface area (Å²) in [6.45, 7) is 0.670. The molecule has 0 aliphatic rings. The van der Waals surface area contributed by atoms with Gasteiger partial charge in [0.25, 0.3) is 0 Å². The fourth-order valence-corrected chi connectivity index (χ4v) is 1.72. The predicted molar refractivity (Wildman–Crippen MR) is 63.6 cm³/mol. The Balaban J connectivity index is 2.70. The van der Waals surface area contributed by atoms with E-state index in [9.17, 15) is 4.79 Å². The molecule has 15 heavy (non-hydrogen) atoms. The highest BCUT2D eigenvalue weighted by molar-refractivity contribution is 6.42. The third-order valence-electron chi connectivity index (χ3n) is 2.14. The van der Waals surface area contributed by atoms with Crippen LogP contribution in [0, 0.1) is 5.92 Å². The van der Waals surface area contributed by atoms with Gasteiger partial charge in [-0.25, -0.2) is 0 Å². The molecule has 1 aromatic rings. The summed E-state index contributed by atoms with van der Waals surface area (Å²) in [6.07, 6.45) is 1.64. The van der Waals surface area contributed by atoms with Gasteiger partial charge in [-0.15, -0.1) is 0 Å². The molecule has 2 nitrogen and oxygen atoms in total. The summed E-state index contributed by atoms with van der Waals surface area (Å²) in [5.41, 5.74) is 1.02. The smallest absolute Gasteiger partial charge is 0.124 e. The van der Waals surface area contributed by atoms with Gasteiger partial charge in [0.2, 0.25) is 0 Å². The summed E-state index contributed by atoms with van der Waals surface area (Å²) < 4.78 is 0. The molecule has 0 heterocycles. The van der Waals surface area contributed by atoms with Gasteiger partial charge in [-0.2, -0.15) is 0 Å². The summed E-state index contributed by atoms with van der Waals surface area (Å²) in [5.74, 6) is -0.0211. The summed E-state index contributed by atoms with van der Waals surface area (Å²) >= 11 is 11.7. The van der Waals surface area contributed by atoms with Crippen LogP contribution in [0.15, 0.2) is 18.2 Å². The van der Waals surface area contributed by atoms with E-state index in [1.54, 1.807) is 12.1 Å². The van der Waals surface area contributed by atoms with Crippen molar-refractivity contribution in [3.05, 3.63) is 33.8 Å². The van der Waals surface area contributed by atoms with Crippen LogP contribution in [0.3, 0.4) is 0 Å². The van der Waals surface area contributed by atoms with Gasteiger partial charge in [-0.05, 0) is 31.2 Å². The number of carbonyl (C=O) groups is 1. The predicted octanol–water partition coefficient (Wildman–Crippen LogP) is 2.57. The van der Waals surface area contributed by atoms with E-state index in [4.69, 9.17) is 23.2 Å². The van der Waals surface area contributed by atoms with Crippen LogP contribution in [0.5, 0.6) is 0 Å². The average Bonchev–Trinajstić information content (AvgIpc) is 2.23. The number of hydrogen-bond acceptors (Lipinski definition) is 2. The first-order valence-electron chi connectivity index (χ1n) is 4.71. The second kappa shape index (κ2) is 6.11. The van der Waals surface area contributed by atoms with Crippen molar-refractivity contribution < 1.29 is 4.79 Å². The third-order valence-corrected chi connectivity index (χ3v) is 2.88. The van der Waals surface area contributed by atoms with Gasteiger partial charge >= 0.3 is 0 Å². The monoisotopic (exact) mass is 245 g/mol. The van der Waals surface area contributed by atoms with Crippen molar-refractivity contribution in [3.63, 3.8) is 0 Å². The van der Waals surface area contributed by atoms with Gasteiger partial charge in [-0.1, -0.05) is 29.3 Å². The molecule has 0 aliphatic carbocycles. The Morgan fingerprint density at radius 3 is 2.67 bits per heavy atom. The van der Waals surface area contributed by atoms with E-state index >= 15 is 0 Å². The van der Waals surface area contributed by atoms with E-state index in [2.05, 4.69) is 5.32 Å². The number of halogens is 2. The molecule has 1 aromatic carbocycles. The van der Waals surface area contributed by atoms with Gasteiger partial charge in [0.1, 0.15) is 6.29 Å². The van der Waals surface area contributed by atoms with Gasteiger partial charge in [0.05, 0.1) is 10.0 Å². The largest absolute Gasteiger partial charge is 0.319 e. The van der Waals surface area contributed by atoms with Crippen LogP contribution in [0.4, 0.5) is 0 Å². The lowest BCUT2D eigenvalue weighted by Crippen LogP contribution is -2.21. The van der Waals surface area contributed by atoms with Crippen LogP contribution in [0.1, 0.15) is 5.56 Å². The van der Waals surface area contributed by atoms with Crippen molar-refractivity contribution in [3.8, 4) is 0 Å². The Morgan fingerprint density at radius 1 is 1.40 bits per heavy atom. The molecule has 0 aliphatic heterocycles. The average molecular weight is 246 g/mol. The maximum atomic E-state index is 10.8. The van der Waals surface area contributed by atoms with Crippen molar-refractivity contribution in [2.24, 2.45) is 5.92 Å². The second-order valence-electron chi connectivity index (χ2n) is 3.41. The molecule has 0 radical (unpaired) electrons. The topological polar surface area (TPSA) is 29.1 Å². The SMILES string of the molecule is CNCC(C=O)Cc1ccc(Cl)c(Cl)c1. The molecule has 1 unspecified atom stereocenters. The fraction of sp³-hybridized carbons (Fsp3) is 0.364. The van der Waals surface area contributed by atoms with E-state index in [1.165, 1.54) is 0 Å². The number of carbonyl (C=O) groups excluding carboxylic acids is 1. The highest BCUT2D eigenvalue weighted by atomic mass is 35.5. The minimum absolute atomic E-state index is 0.0211. The van der Waals surface area contributed by atoms with Gasteiger partial charge in [-0.3, -0.25) is 0 Å². The number of rotatable bonds is 5. The Hall–Kier alpha value is -0.570. The zero-order valence-corrected chi connectivity index (χ0v) is 9.98. The third kappa shape index (κ3) is 3.82. The van der Waals surface area contributed by atoms with Crippen LogP contribution >= 0.6 is 23.2 Å². The lowest BCUT2D eigenvalue weighted by atomic mass is 10.0. The molecule has 4 heteroatoms. The second-order valence-corrected chi connectivity index (χ2v) is 4.22. The molecule has 0 amide bonds. The Labute approximate surface area is 99.6 Å². The molecule has 1 N–H and O–H groups in total. The molecule has 82 valence electrons. The van der Waals surface area contributed by atoms with Crippen LogP contribution in [-0.4, -0.2) is 19.9 Å². The van der Waals surface area contributed by atoms with Crippen molar-refractivity contribution in [1.29, 1.82) is 0 Å². The molecule has 1 rings (SSSR count). The van der Waals surface area contributed by atoms with Crippen LogP contribution in [0.25, 0.3) is 0 Å². The minimum atomic E-state index is -0.0211. The zero-order chi connectivity index (χ0) is 11.3. The Morgan fingerprint density at radius 2 is 2.13 bits per heavy atom. The number of hydrogen-bond donors (Lipinski definition) is 1. The lowest BCUT2D eigenvalue weighted by Gasteiger charge is -2.09. The Kier molecular flexibility index (Phi) is 5.09. The highest BCUT2D eigenvalue weighted by Crippen LogP contribution is 2.23. The molecular weight excluding hydrogens is 233 g/mol. The molecule has 0 saturated heterocycles. The van der Waals surface area contributed by atoms with E-state index in [1.807, 2.05) is 13.1 Å².